The third-order valence-corrected chi connectivity index (χ3v) is 5.03. The summed E-state index contributed by atoms with van der Waals surface area (Å²) in [5.41, 5.74) is 0.812. The zero-order chi connectivity index (χ0) is 20.4. The lowest BCUT2D eigenvalue weighted by atomic mass is 9.85. The summed E-state index contributed by atoms with van der Waals surface area (Å²) in [6.07, 6.45) is 3.97. The molecule has 150 valence electrons. The minimum Gasteiger partial charge on any atom is -0.481 e. The molecule has 3 rings (SSSR count). The Morgan fingerprint density at radius 3 is 2.79 bits per heavy atom. The van der Waals surface area contributed by atoms with Crippen molar-refractivity contribution in [3.8, 4) is 0 Å². The number of amides is 1. The fraction of sp³-hybridized carbons (Fsp3) is 0.500. The lowest BCUT2D eigenvalue weighted by Gasteiger charge is -2.26. The number of hydrogen-bond acceptors (Lipinski definition) is 6. The van der Waals surface area contributed by atoms with E-state index in [2.05, 4.69) is 20.2 Å². The standard InChI is InChI=1S/C20H26N4O4/c1-19(2,11-17(26)27)10-16(25)23-12-20(28)6-9-24(13-20)15-5-8-21-14-4-3-7-22-18(14)15/h3-5,7-8,28H,6,9-13H2,1-2H3,(H,23,25)(H,26,27). The van der Waals surface area contributed by atoms with Crippen molar-refractivity contribution in [2.45, 2.75) is 38.7 Å². The summed E-state index contributed by atoms with van der Waals surface area (Å²) in [6, 6.07) is 5.61. The normalized spacial score (nSPS) is 19.8. The molecule has 1 aliphatic rings. The van der Waals surface area contributed by atoms with Crippen LogP contribution in [0.2, 0.25) is 0 Å². The molecule has 0 aliphatic carbocycles. The first-order valence-corrected chi connectivity index (χ1v) is 9.33. The van der Waals surface area contributed by atoms with Crippen molar-refractivity contribution in [1.82, 2.24) is 15.3 Å². The molecule has 28 heavy (non-hydrogen) atoms. The van der Waals surface area contributed by atoms with Gasteiger partial charge in [-0.2, -0.15) is 0 Å². The fourth-order valence-electron chi connectivity index (χ4n) is 3.66. The van der Waals surface area contributed by atoms with Gasteiger partial charge in [0.25, 0.3) is 0 Å². The SMILES string of the molecule is CC(C)(CC(=O)O)CC(=O)NCC1(O)CCN(c2ccnc3cccnc23)C1. The van der Waals surface area contributed by atoms with Crippen molar-refractivity contribution >= 4 is 28.6 Å². The van der Waals surface area contributed by atoms with E-state index in [0.717, 1.165) is 16.7 Å². The molecule has 8 heteroatoms. The van der Waals surface area contributed by atoms with E-state index in [1.165, 1.54) is 0 Å². The van der Waals surface area contributed by atoms with Crippen LogP contribution >= 0.6 is 0 Å². The largest absolute Gasteiger partial charge is 0.481 e. The maximum Gasteiger partial charge on any atom is 0.303 e. The molecule has 3 N–H and O–H groups in total. The van der Waals surface area contributed by atoms with Crippen LogP contribution in [-0.2, 0) is 9.59 Å². The highest BCUT2D eigenvalue weighted by molar-refractivity contribution is 5.87. The van der Waals surface area contributed by atoms with Crippen LogP contribution in [0.1, 0.15) is 33.1 Å². The number of β-amino-alcohol motifs (C(OH)–C–C–N with tert-alkyl or cyclic N) is 1. The third kappa shape index (κ3) is 4.75. The minimum atomic E-state index is -1.04. The summed E-state index contributed by atoms with van der Waals surface area (Å²) in [7, 11) is 0. The molecule has 2 aromatic heterocycles. The van der Waals surface area contributed by atoms with Crippen LogP contribution in [0.3, 0.4) is 0 Å². The first kappa shape index (κ1) is 20.0. The van der Waals surface area contributed by atoms with Crippen LogP contribution in [0, 0.1) is 5.41 Å². The smallest absolute Gasteiger partial charge is 0.303 e. The molecule has 0 aromatic carbocycles. The number of carboxylic acids is 1. The van der Waals surface area contributed by atoms with Gasteiger partial charge in [-0.1, -0.05) is 13.8 Å². The van der Waals surface area contributed by atoms with Gasteiger partial charge in [-0.05, 0) is 30.0 Å². The van der Waals surface area contributed by atoms with Crippen LogP contribution in [0.25, 0.3) is 11.0 Å². The van der Waals surface area contributed by atoms with Crippen LogP contribution < -0.4 is 10.2 Å². The Morgan fingerprint density at radius 1 is 1.25 bits per heavy atom. The number of pyridine rings is 2. The van der Waals surface area contributed by atoms with Gasteiger partial charge < -0.3 is 20.4 Å². The average molecular weight is 386 g/mol. The number of aliphatic hydroxyl groups is 1. The molecule has 1 amide bonds. The number of carbonyl (C=O) groups is 2. The highest BCUT2D eigenvalue weighted by Crippen LogP contribution is 2.30. The second-order valence-corrected chi connectivity index (χ2v) is 8.29. The Balaban J connectivity index is 1.61. The molecular formula is C20H26N4O4. The molecule has 8 nitrogen and oxygen atoms in total. The molecule has 1 atom stereocenters. The van der Waals surface area contributed by atoms with E-state index in [0.29, 0.717) is 19.5 Å². The van der Waals surface area contributed by atoms with E-state index in [9.17, 15) is 14.7 Å². The Labute approximate surface area is 163 Å². The summed E-state index contributed by atoms with van der Waals surface area (Å²) >= 11 is 0. The molecule has 0 bridgehead atoms. The second kappa shape index (κ2) is 7.71. The first-order valence-electron chi connectivity index (χ1n) is 9.33. The molecule has 0 spiro atoms. The number of anilines is 1. The maximum absolute atomic E-state index is 12.2. The van der Waals surface area contributed by atoms with Crippen molar-refractivity contribution < 1.29 is 19.8 Å². The Kier molecular flexibility index (Phi) is 5.51. The number of aliphatic carboxylic acids is 1. The molecule has 0 saturated carbocycles. The number of nitrogens with one attached hydrogen (secondary N) is 1. The fourth-order valence-corrected chi connectivity index (χ4v) is 3.66. The lowest BCUT2D eigenvalue weighted by Crippen LogP contribution is -2.45. The number of carbonyl (C=O) groups excluding carboxylic acids is 1. The average Bonchev–Trinajstić information content (AvgIpc) is 3.00. The van der Waals surface area contributed by atoms with Crippen molar-refractivity contribution in [3.63, 3.8) is 0 Å². The van der Waals surface area contributed by atoms with Gasteiger partial charge in [0.15, 0.2) is 0 Å². The maximum atomic E-state index is 12.2. The van der Waals surface area contributed by atoms with Gasteiger partial charge >= 0.3 is 5.97 Å². The van der Waals surface area contributed by atoms with E-state index < -0.39 is 17.0 Å². The Hall–Kier alpha value is -2.74. The van der Waals surface area contributed by atoms with Crippen molar-refractivity contribution in [2.75, 3.05) is 24.5 Å². The van der Waals surface area contributed by atoms with Gasteiger partial charge in [-0.25, -0.2) is 0 Å². The number of nitrogens with zero attached hydrogens (tertiary/aromatic N) is 3. The Bertz CT molecular complexity index is 880. The lowest BCUT2D eigenvalue weighted by molar-refractivity contribution is -0.139. The molecular weight excluding hydrogens is 360 g/mol. The van der Waals surface area contributed by atoms with Crippen molar-refractivity contribution in [3.05, 3.63) is 30.6 Å². The highest BCUT2D eigenvalue weighted by Gasteiger charge is 2.37. The molecule has 1 saturated heterocycles. The van der Waals surface area contributed by atoms with E-state index in [1.807, 2.05) is 18.2 Å². The molecule has 3 heterocycles. The summed E-state index contributed by atoms with van der Waals surface area (Å²) in [5.74, 6) is -1.18. The van der Waals surface area contributed by atoms with E-state index in [1.54, 1.807) is 26.2 Å². The van der Waals surface area contributed by atoms with Crippen LogP contribution in [0.5, 0.6) is 0 Å². The molecule has 2 aromatic rings. The van der Waals surface area contributed by atoms with Crippen LogP contribution in [0.4, 0.5) is 5.69 Å². The predicted octanol–water partition coefficient (Wildman–Crippen LogP) is 1.58. The van der Waals surface area contributed by atoms with Gasteiger partial charge in [0, 0.05) is 38.4 Å². The van der Waals surface area contributed by atoms with Crippen LogP contribution in [0.15, 0.2) is 30.6 Å². The first-order chi connectivity index (χ1) is 13.2. The van der Waals surface area contributed by atoms with Gasteiger partial charge in [0.1, 0.15) is 11.1 Å². The van der Waals surface area contributed by atoms with E-state index in [-0.39, 0.29) is 25.3 Å². The zero-order valence-electron chi connectivity index (χ0n) is 16.2. The number of aromatic nitrogens is 2. The molecule has 1 aliphatic heterocycles. The number of hydrogen-bond donors (Lipinski definition) is 3. The van der Waals surface area contributed by atoms with Crippen molar-refractivity contribution in [1.29, 1.82) is 0 Å². The van der Waals surface area contributed by atoms with Gasteiger partial charge in [-0.3, -0.25) is 19.6 Å². The summed E-state index contributed by atoms with van der Waals surface area (Å²) < 4.78 is 0. The van der Waals surface area contributed by atoms with Gasteiger partial charge in [0.05, 0.1) is 17.6 Å². The zero-order valence-corrected chi connectivity index (χ0v) is 16.2. The van der Waals surface area contributed by atoms with Crippen molar-refractivity contribution in [2.24, 2.45) is 5.41 Å². The van der Waals surface area contributed by atoms with E-state index in [4.69, 9.17) is 5.11 Å². The number of fused-ring (bicyclic) bond motifs is 1. The van der Waals surface area contributed by atoms with Gasteiger partial charge in [-0.15, -0.1) is 0 Å². The highest BCUT2D eigenvalue weighted by atomic mass is 16.4. The van der Waals surface area contributed by atoms with Gasteiger partial charge in [0.2, 0.25) is 5.91 Å². The molecule has 1 fully saturated rings. The van der Waals surface area contributed by atoms with E-state index >= 15 is 0 Å². The second-order valence-electron chi connectivity index (χ2n) is 8.29. The predicted molar refractivity (Wildman–Crippen MR) is 105 cm³/mol. The monoisotopic (exact) mass is 386 g/mol. The third-order valence-electron chi connectivity index (χ3n) is 5.03. The molecule has 1 unspecified atom stereocenters. The van der Waals surface area contributed by atoms with Crippen LogP contribution in [-0.4, -0.2) is 57.3 Å². The quantitative estimate of drug-likeness (QED) is 0.661. The number of carboxylic acid groups (broad SMARTS) is 1. The summed E-state index contributed by atoms with van der Waals surface area (Å²) in [5, 5.41) is 22.6. The topological polar surface area (TPSA) is 116 Å². The summed E-state index contributed by atoms with van der Waals surface area (Å²) in [4.78, 5) is 33.9. The summed E-state index contributed by atoms with van der Waals surface area (Å²) in [6.45, 7) is 4.64. The number of rotatable bonds is 7. The minimum absolute atomic E-state index is 0.0828. The molecule has 0 radical (unpaired) electrons. The Morgan fingerprint density at radius 2 is 2.04 bits per heavy atom.